The Bertz CT molecular complexity index is 1130. The van der Waals surface area contributed by atoms with E-state index in [1.807, 2.05) is 6.07 Å². The first-order chi connectivity index (χ1) is 15.3. The summed E-state index contributed by atoms with van der Waals surface area (Å²) in [5.41, 5.74) is 2.39. The molecule has 0 amide bonds. The van der Waals surface area contributed by atoms with E-state index in [1.165, 1.54) is 0 Å². The molecule has 1 unspecified atom stereocenters. The number of rotatable bonds is 6. The summed E-state index contributed by atoms with van der Waals surface area (Å²) in [6, 6.07) is 7.03. The molecule has 1 aliphatic rings. The maximum atomic E-state index is 12.3. The summed E-state index contributed by atoms with van der Waals surface area (Å²) in [7, 11) is 0. The molecule has 0 saturated heterocycles. The summed E-state index contributed by atoms with van der Waals surface area (Å²) in [5, 5.41) is 19.5. The minimum Gasteiger partial charge on any atom is -0.433 e. The number of allylic oxidation sites excluding steroid dienone is 2. The van der Waals surface area contributed by atoms with Crippen LogP contribution in [-0.4, -0.2) is 35.3 Å². The Balaban J connectivity index is 2.03. The van der Waals surface area contributed by atoms with Gasteiger partial charge in [0, 0.05) is 5.56 Å². The van der Waals surface area contributed by atoms with Crippen LogP contribution in [0, 0.1) is 11.3 Å². The standard InChI is InChI=1S/C21H22N4O7/c1-11(2)29-21(27)31-19-13(4)23-12(3)18(30-20(26)28-10-6-9-22)16(19)14-7-5-8-15-17(14)25-32-24-15/h5,7-8,11,16,23H,6,10H2,1-4H3. The number of benzene rings is 1. The van der Waals surface area contributed by atoms with Gasteiger partial charge in [-0.05, 0) is 44.1 Å². The van der Waals surface area contributed by atoms with Crippen molar-refractivity contribution in [3.8, 4) is 6.07 Å². The van der Waals surface area contributed by atoms with Gasteiger partial charge in [0.15, 0.2) is 0 Å². The highest BCUT2D eigenvalue weighted by atomic mass is 16.7. The van der Waals surface area contributed by atoms with Gasteiger partial charge in [0.2, 0.25) is 0 Å². The summed E-state index contributed by atoms with van der Waals surface area (Å²) in [6.07, 6.45) is -2.30. The van der Waals surface area contributed by atoms with E-state index in [1.54, 1.807) is 45.9 Å². The van der Waals surface area contributed by atoms with Crippen molar-refractivity contribution in [1.29, 1.82) is 5.26 Å². The molecule has 0 saturated carbocycles. The van der Waals surface area contributed by atoms with Gasteiger partial charge < -0.3 is 24.3 Å². The smallest absolute Gasteiger partial charge is 0.433 e. The number of nitrogens with zero attached hydrogens (tertiary/aromatic N) is 3. The van der Waals surface area contributed by atoms with Crippen molar-refractivity contribution in [2.75, 3.05) is 6.61 Å². The Morgan fingerprint density at radius 1 is 1.16 bits per heavy atom. The lowest BCUT2D eigenvalue weighted by atomic mass is 9.89. The fourth-order valence-corrected chi connectivity index (χ4v) is 3.18. The number of hydrogen-bond donors (Lipinski definition) is 1. The molecule has 11 heteroatoms. The second-order valence-electron chi connectivity index (χ2n) is 7.14. The topological polar surface area (TPSA) is 146 Å². The number of fused-ring (bicyclic) bond motifs is 1. The zero-order valence-corrected chi connectivity index (χ0v) is 18.0. The van der Waals surface area contributed by atoms with Gasteiger partial charge in [-0.3, -0.25) is 0 Å². The molecular formula is C21H22N4O7. The minimum absolute atomic E-state index is 0.0210. The van der Waals surface area contributed by atoms with Crippen LogP contribution in [0.5, 0.6) is 0 Å². The highest BCUT2D eigenvalue weighted by Crippen LogP contribution is 2.41. The molecule has 1 N–H and O–H groups in total. The van der Waals surface area contributed by atoms with E-state index in [0.717, 1.165) is 0 Å². The third kappa shape index (κ3) is 4.97. The Hall–Kier alpha value is -4.07. The third-order valence-corrected chi connectivity index (χ3v) is 4.42. The normalized spacial score (nSPS) is 15.9. The SMILES string of the molecule is CC1=C(OC(=O)OCCC#N)C(c2cccc3nonc23)C(OC(=O)OC(C)C)=C(C)N1. The van der Waals surface area contributed by atoms with Crippen molar-refractivity contribution in [3.63, 3.8) is 0 Å². The van der Waals surface area contributed by atoms with Crippen LogP contribution >= 0.6 is 0 Å². The number of ether oxygens (including phenoxy) is 4. The second kappa shape index (κ2) is 9.82. The highest BCUT2D eigenvalue weighted by Gasteiger charge is 2.37. The van der Waals surface area contributed by atoms with Crippen molar-refractivity contribution < 1.29 is 33.2 Å². The van der Waals surface area contributed by atoms with E-state index in [9.17, 15) is 9.59 Å². The maximum absolute atomic E-state index is 12.3. The molecule has 11 nitrogen and oxygen atoms in total. The number of hydrogen-bond acceptors (Lipinski definition) is 11. The Labute approximate surface area is 183 Å². The molecule has 1 atom stereocenters. The van der Waals surface area contributed by atoms with E-state index >= 15 is 0 Å². The first kappa shape index (κ1) is 22.6. The van der Waals surface area contributed by atoms with Crippen LogP contribution in [0.2, 0.25) is 0 Å². The zero-order valence-electron chi connectivity index (χ0n) is 18.0. The van der Waals surface area contributed by atoms with E-state index < -0.39 is 24.3 Å². The Morgan fingerprint density at radius 2 is 1.84 bits per heavy atom. The Morgan fingerprint density at radius 3 is 2.50 bits per heavy atom. The number of nitrogens with one attached hydrogen (secondary N) is 1. The predicted octanol–water partition coefficient (Wildman–Crippen LogP) is 4.00. The van der Waals surface area contributed by atoms with Crippen molar-refractivity contribution >= 4 is 23.3 Å². The molecule has 0 spiro atoms. The van der Waals surface area contributed by atoms with Crippen LogP contribution in [0.3, 0.4) is 0 Å². The van der Waals surface area contributed by atoms with Gasteiger partial charge in [-0.25, -0.2) is 14.2 Å². The highest BCUT2D eigenvalue weighted by molar-refractivity contribution is 5.79. The number of carbonyl (C=O) groups excluding carboxylic acids is 2. The lowest BCUT2D eigenvalue weighted by molar-refractivity contribution is 0.0457. The molecule has 1 aromatic heterocycles. The van der Waals surface area contributed by atoms with Gasteiger partial charge in [-0.1, -0.05) is 12.1 Å². The first-order valence-corrected chi connectivity index (χ1v) is 9.81. The van der Waals surface area contributed by atoms with Crippen LogP contribution in [0.25, 0.3) is 11.0 Å². The number of dihydropyridines is 1. The first-order valence-electron chi connectivity index (χ1n) is 9.81. The number of carbonyl (C=O) groups is 2. The molecule has 0 bridgehead atoms. The average molecular weight is 442 g/mol. The molecule has 3 rings (SSSR count). The molecule has 0 aliphatic carbocycles. The minimum atomic E-state index is -1.00. The van der Waals surface area contributed by atoms with E-state index in [0.29, 0.717) is 28.0 Å². The van der Waals surface area contributed by atoms with Gasteiger partial charge in [-0.2, -0.15) is 5.26 Å². The largest absolute Gasteiger partial charge is 0.513 e. The molecule has 168 valence electrons. The zero-order chi connectivity index (χ0) is 23.3. The summed E-state index contributed by atoms with van der Waals surface area (Å²) in [4.78, 5) is 24.6. The molecule has 0 radical (unpaired) electrons. The second-order valence-corrected chi connectivity index (χ2v) is 7.14. The molecule has 1 aliphatic heterocycles. The molecule has 0 fully saturated rings. The van der Waals surface area contributed by atoms with Gasteiger partial charge in [0.1, 0.15) is 35.1 Å². The number of nitriles is 1. The maximum Gasteiger partial charge on any atom is 0.513 e. The van der Waals surface area contributed by atoms with Crippen molar-refractivity contribution in [3.05, 3.63) is 46.7 Å². The monoisotopic (exact) mass is 442 g/mol. The average Bonchev–Trinajstić information content (AvgIpc) is 3.20. The fraction of sp³-hybridized carbons (Fsp3) is 0.381. The van der Waals surface area contributed by atoms with Crippen molar-refractivity contribution in [2.24, 2.45) is 0 Å². The van der Waals surface area contributed by atoms with E-state index in [2.05, 4.69) is 15.6 Å². The quantitative estimate of drug-likeness (QED) is 0.511. The lowest BCUT2D eigenvalue weighted by Gasteiger charge is -2.30. The van der Waals surface area contributed by atoms with Gasteiger partial charge >= 0.3 is 12.3 Å². The molecule has 32 heavy (non-hydrogen) atoms. The lowest BCUT2D eigenvalue weighted by Crippen LogP contribution is -2.29. The summed E-state index contributed by atoms with van der Waals surface area (Å²) >= 11 is 0. The van der Waals surface area contributed by atoms with Crippen LogP contribution < -0.4 is 5.32 Å². The molecule has 1 aromatic carbocycles. The third-order valence-electron chi connectivity index (χ3n) is 4.42. The summed E-state index contributed by atoms with van der Waals surface area (Å²) in [5.74, 6) is -0.591. The van der Waals surface area contributed by atoms with Crippen LogP contribution in [0.4, 0.5) is 9.59 Å². The predicted molar refractivity (Wildman–Crippen MR) is 108 cm³/mol. The van der Waals surface area contributed by atoms with Gasteiger partial charge in [0.25, 0.3) is 0 Å². The number of aromatic nitrogens is 2. The molecular weight excluding hydrogens is 420 g/mol. The molecule has 2 aromatic rings. The van der Waals surface area contributed by atoms with Crippen molar-refractivity contribution in [1.82, 2.24) is 15.6 Å². The van der Waals surface area contributed by atoms with Gasteiger partial charge in [-0.15, -0.1) is 0 Å². The van der Waals surface area contributed by atoms with Crippen LogP contribution in [0.15, 0.2) is 45.7 Å². The van der Waals surface area contributed by atoms with E-state index in [-0.39, 0.29) is 24.5 Å². The fourth-order valence-electron chi connectivity index (χ4n) is 3.18. The van der Waals surface area contributed by atoms with E-state index in [4.69, 9.17) is 28.8 Å². The van der Waals surface area contributed by atoms with Crippen LogP contribution in [0.1, 0.15) is 45.6 Å². The van der Waals surface area contributed by atoms with Crippen LogP contribution in [-0.2, 0) is 18.9 Å². The van der Waals surface area contributed by atoms with Gasteiger partial charge in [0.05, 0.1) is 30.0 Å². The Kier molecular flexibility index (Phi) is 6.94. The van der Waals surface area contributed by atoms with Crippen molar-refractivity contribution in [2.45, 2.75) is 46.1 Å². The summed E-state index contributed by atoms with van der Waals surface area (Å²) in [6.45, 7) is 6.66. The molecule has 2 heterocycles. The summed E-state index contributed by atoms with van der Waals surface area (Å²) < 4.78 is 25.9.